The summed E-state index contributed by atoms with van der Waals surface area (Å²) in [6, 6.07) is 14.7. The Kier molecular flexibility index (Phi) is 4.92. The molecule has 2 aromatic rings. The third-order valence-corrected chi connectivity index (χ3v) is 4.42. The van der Waals surface area contributed by atoms with Crippen LogP contribution in [0.15, 0.2) is 47.4 Å². The fraction of sp³-hybridized carbons (Fsp3) is 0.250. The Labute approximate surface area is 124 Å². The Balaban J connectivity index is 2.02. The molecule has 2 N–H and O–H groups in total. The van der Waals surface area contributed by atoms with E-state index >= 15 is 0 Å². The lowest BCUT2D eigenvalue weighted by molar-refractivity contribution is 0.817. The van der Waals surface area contributed by atoms with Crippen molar-refractivity contribution in [2.75, 3.05) is 0 Å². The van der Waals surface area contributed by atoms with Crippen molar-refractivity contribution in [2.45, 2.75) is 30.5 Å². The lowest BCUT2D eigenvalue weighted by Gasteiger charge is -2.08. The van der Waals surface area contributed by atoms with Gasteiger partial charge in [-0.25, -0.2) is 0 Å². The van der Waals surface area contributed by atoms with E-state index in [1.165, 1.54) is 16.0 Å². The first-order valence-corrected chi connectivity index (χ1v) is 7.66. The van der Waals surface area contributed by atoms with E-state index in [1.54, 1.807) is 11.8 Å². The Morgan fingerprint density at radius 1 is 1.16 bits per heavy atom. The van der Waals surface area contributed by atoms with Crippen LogP contribution in [0.5, 0.6) is 0 Å². The van der Waals surface area contributed by atoms with E-state index in [9.17, 15) is 0 Å². The molecule has 0 aliphatic rings. The van der Waals surface area contributed by atoms with Gasteiger partial charge < -0.3 is 5.73 Å². The van der Waals surface area contributed by atoms with E-state index in [1.807, 2.05) is 13.0 Å². The summed E-state index contributed by atoms with van der Waals surface area (Å²) >= 11 is 8.02. The van der Waals surface area contributed by atoms with Crippen molar-refractivity contribution in [3.8, 4) is 0 Å². The number of halogens is 1. The van der Waals surface area contributed by atoms with Crippen molar-refractivity contribution < 1.29 is 0 Å². The van der Waals surface area contributed by atoms with Gasteiger partial charge in [0.25, 0.3) is 0 Å². The van der Waals surface area contributed by atoms with Crippen molar-refractivity contribution in [1.29, 1.82) is 0 Å². The van der Waals surface area contributed by atoms with Crippen LogP contribution in [-0.4, -0.2) is 0 Å². The molecular weight excluding hydrogens is 274 g/mol. The molecule has 0 radical (unpaired) electrons. The van der Waals surface area contributed by atoms with Crippen LogP contribution in [0.2, 0.25) is 5.02 Å². The van der Waals surface area contributed by atoms with E-state index in [2.05, 4.69) is 43.3 Å². The molecule has 2 aromatic carbocycles. The molecule has 0 aliphatic carbocycles. The molecule has 0 bridgehead atoms. The van der Waals surface area contributed by atoms with Crippen molar-refractivity contribution in [3.05, 3.63) is 64.2 Å². The molecular formula is C16H18ClNS. The molecule has 0 amide bonds. The number of aryl methyl sites for hydroxylation is 1. The first-order valence-electron chi connectivity index (χ1n) is 6.29. The highest BCUT2D eigenvalue weighted by Gasteiger charge is 2.03. The van der Waals surface area contributed by atoms with Crippen LogP contribution >= 0.6 is 23.4 Å². The molecule has 0 fully saturated rings. The largest absolute Gasteiger partial charge is 0.324 e. The van der Waals surface area contributed by atoms with Crippen LogP contribution in [-0.2, 0) is 5.75 Å². The number of hydrogen-bond acceptors (Lipinski definition) is 2. The normalized spacial score (nSPS) is 12.4. The number of benzene rings is 2. The minimum atomic E-state index is 0.0885. The molecule has 0 aromatic heterocycles. The van der Waals surface area contributed by atoms with Crippen LogP contribution < -0.4 is 5.73 Å². The van der Waals surface area contributed by atoms with Gasteiger partial charge in [-0.3, -0.25) is 0 Å². The summed E-state index contributed by atoms with van der Waals surface area (Å²) in [6.07, 6.45) is 0. The maximum Gasteiger partial charge on any atom is 0.0449 e. The van der Waals surface area contributed by atoms with Crippen molar-refractivity contribution in [2.24, 2.45) is 5.73 Å². The maximum absolute atomic E-state index is 6.23. The lowest BCUT2D eigenvalue weighted by Crippen LogP contribution is -2.04. The molecule has 19 heavy (non-hydrogen) atoms. The molecule has 2 rings (SSSR count). The maximum atomic E-state index is 6.23. The minimum Gasteiger partial charge on any atom is -0.324 e. The highest BCUT2D eigenvalue weighted by atomic mass is 35.5. The Bertz CT molecular complexity index is 549. The zero-order valence-electron chi connectivity index (χ0n) is 11.2. The van der Waals surface area contributed by atoms with Crippen molar-refractivity contribution in [3.63, 3.8) is 0 Å². The first kappa shape index (κ1) is 14.4. The summed E-state index contributed by atoms with van der Waals surface area (Å²) in [6.45, 7) is 4.05. The third-order valence-electron chi connectivity index (χ3n) is 3.01. The predicted octanol–water partition coefficient (Wildman–Crippen LogP) is 4.96. The average Bonchev–Trinajstić information content (AvgIpc) is 2.38. The van der Waals surface area contributed by atoms with Gasteiger partial charge in [0, 0.05) is 21.7 Å². The zero-order chi connectivity index (χ0) is 13.8. The van der Waals surface area contributed by atoms with Crippen LogP contribution in [0.3, 0.4) is 0 Å². The smallest absolute Gasteiger partial charge is 0.0449 e. The second-order valence-electron chi connectivity index (χ2n) is 4.74. The molecule has 0 saturated carbocycles. The van der Waals surface area contributed by atoms with Crippen molar-refractivity contribution >= 4 is 23.4 Å². The van der Waals surface area contributed by atoms with Gasteiger partial charge in [0.05, 0.1) is 0 Å². The summed E-state index contributed by atoms with van der Waals surface area (Å²) in [5.41, 5.74) is 9.37. The molecule has 0 heterocycles. The van der Waals surface area contributed by atoms with Crippen LogP contribution in [0.1, 0.15) is 29.7 Å². The molecule has 100 valence electrons. The van der Waals surface area contributed by atoms with E-state index in [0.29, 0.717) is 0 Å². The fourth-order valence-corrected chi connectivity index (χ4v) is 3.08. The third kappa shape index (κ3) is 4.00. The second kappa shape index (κ2) is 6.47. The number of hydrogen-bond donors (Lipinski definition) is 1. The van der Waals surface area contributed by atoms with Gasteiger partial charge in [-0.1, -0.05) is 35.9 Å². The fourth-order valence-electron chi connectivity index (χ4n) is 1.80. The van der Waals surface area contributed by atoms with Gasteiger partial charge in [-0.2, -0.15) is 0 Å². The van der Waals surface area contributed by atoms with Gasteiger partial charge in [0.2, 0.25) is 0 Å². The Hall–Kier alpha value is -0.960. The van der Waals surface area contributed by atoms with E-state index < -0.39 is 0 Å². The van der Waals surface area contributed by atoms with Gasteiger partial charge >= 0.3 is 0 Å². The molecule has 0 aliphatic heterocycles. The molecule has 3 heteroatoms. The number of rotatable bonds is 4. The summed E-state index contributed by atoms with van der Waals surface area (Å²) in [7, 11) is 0. The summed E-state index contributed by atoms with van der Waals surface area (Å²) < 4.78 is 0. The molecule has 0 saturated heterocycles. The van der Waals surface area contributed by atoms with Crippen LogP contribution in [0.25, 0.3) is 0 Å². The number of thioether (sulfide) groups is 1. The summed E-state index contributed by atoms with van der Waals surface area (Å²) in [5.74, 6) is 0.886. The Morgan fingerprint density at radius 2 is 1.84 bits per heavy atom. The van der Waals surface area contributed by atoms with Crippen LogP contribution in [0.4, 0.5) is 0 Å². The van der Waals surface area contributed by atoms with Gasteiger partial charge in [0.1, 0.15) is 0 Å². The average molecular weight is 292 g/mol. The van der Waals surface area contributed by atoms with E-state index in [0.717, 1.165) is 16.3 Å². The topological polar surface area (TPSA) is 26.0 Å². The lowest BCUT2D eigenvalue weighted by atomic mass is 10.1. The van der Waals surface area contributed by atoms with Gasteiger partial charge in [0.15, 0.2) is 0 Å². The first-order chi connectivity index (χ1) is 9.06. The van der Waals surface area contributed by atoms with Crippen LogP contribution in [0, 0.1) is 6.92 Å². The molecule has 1 atom stereocenters. The summed E-state index contributed by atoms with van der Waals surface area (Å²) in [5, 5.41) is 0.847. The van der Waals surface area contributed by atoms with Gasteiger partial charge in [-0.05, 0) is 48.7 Å². The predicted molar refractivity (Wildman–Crippen MR) is 84.8 cm³/mol. The molecule has 1 unspecified atom stereocenters. The highest BCUT2D eigenvalue weighted by molar-refractivity contribution is 7.98. The van der Waals surface area contributed by atoms with E-state index in [4.69, 9.17) is 17.3 Å². The Morgan fingerprint density at radius 3 is 2.42 bits per heavy atom. The second-order valence-corrected chi connectivity index (χ2v) is 6.20. The number of nitrogens with two attached hydrogens (primary N) is 1. The minimum absolute atomic E-state index is 0.0885. The van der Waals surface area contributed by atoms with E-state index in [-0.39, 0.29) is 6.04 Å². The quantitative estimate of drug-likeness (QED) is 0.806. The zero-order valence-corrected chi connectivity index (χ0v) is 12.8. The molecule has 0 spiro atoms. The highest BCUT2D eigenvalue weighted by Crippen LogP contribution is 2.28. The monoisotopic (exact) mass is 291 g/mol. The van der Waals surface area contributed by atoms with Crippen molar-refractivity contribution in [1.82, 2.24) is 0 Å². The SMILES string of the molecule is Cc1ccc(CSc2ccc(C(C)N)cc2)c(Cl)c1. The standard InChI is InChI=1S/C16H18ClNS/c1-11-3-4-14(16(17)9-11)10-19-15-7-5-13(6-8-15)12(2)18/h3-9,12H,10,18H2,1-2H3. The molecule has 1 nitrogen and oxygen atoms in total. The van der Waals surface area contributed by atoms with Gasteiger partial charge in [-0.15, -0.1) is 11.8 Å². The summed E-state index contributed by atoms with van der Waals surface area (Å²) in [4.78, 5) is 1.24.